The number of allylic oxidation sites excluding steroid dienone is 1. The van der Waals surface area contributed by atoms with Crippen LogP contribution in [0.4, 0.5) is 4.39 Å². The number of phenols is 1. The van der Waals surface area contributed by atoms with Gasteiger partial charge in [-0.2, -0.15) is 5.26 Å². The van der Waals surface area contributed by atoms with Crippen molar-refractivity contribution in [3.05, 3.63) is 101 Å². The van der Waals surface area contributed by atoms with Gasteiger partial charge in [0.25, 0.3) is 0 Å². The Balaban J connectivity index is 1.77. The van der Waals surface area contributed by atoms with Gasteiger partial charge >= 0.3 is 0 Å². The lowest BCUT2D eigenvalue weighted by Gasteiger charge is -2.27. The van der Waals surface area contributed by atoms with Crippen LogP contribution in [0.5, 0.6) is 17.2 Å². The molecule has 144 valence electrons. The minimum Gasteiger partial charge on any atom is -0.508 e. The summed E-state index contributed by atoms with van der Waals surface area (Å²) in [6.07, 6.45) is 0. The van der Waals surface area contributed by atoms with Gasteiger partial charge in [0.15, 0.2) is 0 Å². The van der Waals surface area contributed by atoms with Gasteiger partial charge in [0, 0.05) is 22.8 Å². The summed E-state index contributed by atoms with van der Waals surface area (Å²) in [6, 6.07) is 20.4. The molecule has 4 rings (SSSR count). The number of halogens is 1. The zero-order valence-electron chi connectivity index (χ0n) is 15.3. The number of benzene rings is 3. The Hall–Kier alpha value is -3.98. The Morgan fingerprint density at radius 2 is 1.83 bits per heavy atom. The first-order chi connectivity index (χ1) is 14.1. The van der Waals surface area contributed by atoms with Gasteiger partial charge in [-0.15, -0.1) is 0 Å². The second-order valence-corrected chi connectivity index (χ2v) is 6.56. The SMILES string of the molecule is N#CC1=C(N)Oc2cc(O)ccc2C1c1ccccc1OCc1ccccc1F. The van der Waals surface area contributed by atoms with Crippen LogP contribution in [0.2, 0.25) is 0 Å². The molecule has 0 fully saturated rings. The van der Waals surface area contributed by atoms with Crippen molar-refractivity contribution in [3.63, 3.8) is 0 Å². The molecular formula is C23H17FN2O3. The quantitative estimate of drug-likeness (QED) is 0.695. The fourth-order valence-corrected chi connectivity index (χ4v) is 3.39. The number of nitrogens with two attached hydrogens (primary N) is 1. The summed E-state index contributed by atoms with van der Waals surface area (Å²) in [6.45, 7) is 0.0381. The zero-order chi connectivity index (χ0) is 20.4. The first kappa shape index (κ1) is 18.4. The topological polar surface area (TPSA) is 88.5 Å². The number of fused-ring (bicyclic) bond motifs is 1. The number of phenolic OH excluding ortho intramolecular Hbond substituents is 1. The number of nitriles is 1. The van der Waals surface area contributed by atoms with Gasteiger partial charge in [-0.25, -0.2) is 4.39 Å². The van der Waals surface area contributed by atoms with Gasteiger partial charge in [-0.05, 0) is 18.2 Å². The van der Waals surface area contributed by atoms with Crippen LogP contribution in [0.25, 0.3) is 0 Å². The van der Waals surface area contributed by atoms with Crippen molar-refractivity contribution in [1.82, 2.24) is 0 Å². The van der Waals surface area contributed by atoms with Crippen LogP contribution in [0, 0.1) is 17.1 Å². The van der Waals surface area contributed by atoms with E-state index in [4.69, 9.17) is 15.2 Å². The van der Waals surface area contributed by atoms with Gasteiger partial charge < -0.3 is 20.3 Å². The smallest absolute Gasteiger partial charge is 0.205 e. The molecule has 0 saturated heterocycles. The van der Waals surface area contributed by atoms with Crippen LogP contribution in [0.15, 0.2) is 78.2 Å². The Kier molecular flexibility index (Phi) is 4.80. The molecule has 5 nitrogen and oxygen atoms in total. The van der Waals surface area contributed by atoms with E-state index in [9.17, 15) is 14.8 Å². The molecule has 0 amide bonds. The Labute approximate surface area is 167 Å². The van der Waals surface area contributed by atoms with Gasteiger partial charge in [0.05, 0.1) is 5.92 Å². The fraction of sp³-hybridized carbons (Fsp3) is 0.0870. The normalized spacial score (nSPS) is 15.2. The van der Waals surface area contributed by atoms with Gasteiger partial charge in [0.1, 0.15) is 41.3 Å². The highest BCUT2D eigenvalue weighted by Gasteiger charge is 2.32. The summed E-state index contributed by atoms with van der Waals surface area (Å²) in [4.78, 5) is 0. The molecule has 0 radical (unpaired) electrons. The number of ether oxygens (including phenoxy) is 2. The van der Waals surface area contributed by atoms with Crippen LogP contribution in [0.3, 0.4) is 0 Å². The largest absolute Gasteiger partial charge is 0.508 e. The summed E-state index contributed by atoms with van der Waals surface area (Å²) in [5, 5.41) is 19.5. The van der Waals surface area contributed by atoms with E-state index in [1.165, 1.54) is 18.2 Å². The zero-order valence-corrected chi connectivity index (χ0v) is 15.3. The van der Waals surface area contributed by atoms with Crippen LogP contribution < -0.4 is 15.2 Å². The molecule has 0 bridgehead atoms. The first-order valence-corrected chi connectivity index (χ1v) is 8.94. The molecule has 3 aromatic carbocycles. The molecule has 0 aliphatic carbocycles. The summed E-state index contributed by atoms with van der Waals surface area (Å²) < 4.78 is 25.4. The summed E-state index contributed by atoms with van der Waals surface area (Å²) in [5.41, 5.74) is 8.02. The van der Waals surface area contributed by atoms with Crippen molar-refractivity contribution in [2.24, 2.45) is 5.73 Å². The minimum atomic E-state index is -0.541. The molecule has 1 heterocycles. The van der Waals surface area contributed by atoms with E-state index < -0.39 is 5.92 Å². The Morgan fingerprint density at radius 3 is 2.62 bits per heavy atom. The van der Waals surface area contributed by atoms with Crippen LogP contribution in [-0.4, -0.2) is 5.11 Å². The van der Waals surface area contributed by atoms with Crippen LogP contribution in [-0.2, 0) is 6.61 Å². The van der Waals surface area contributed by atoms with E-state index in [0.29, 0.717) is 28.2 Å². The van der Waals surface area contributed by atoms with E-state index in [-0.39, 0.29) is 29.6 Å². The maximum Gasteiger partial charge on any atom is 0.205 e. The average Bonchev–Trinajstić information content (AvgIpc) is 2.72. The Morgan fingerprint density at radius 1 is 1.07 bits per heavy atom. The molecule has 29 heavy (non-hydrogen) atoms. The van der Waals surface area contributed by atoms with Gasteiger partial charge in [0.2, 0.25) is 5.88 Å². The predicted octanol–water partition coefficient (Wildman–Crippen LogP) is 4.33. The van der Waals surface area contributed by atoms with Crippen molar-refractivity contribution in [3.8, 4) is 23.3 Å². The van der Waals surface area contributed by atoms with Gasteiger partial charge in [-0.1, -0.05) is 42.5 Å². The lowest BCUT2D eigenvalue weighted by atomic mass is 9.83. The van der Waals surface area contributed by atoms with Crippen molar-refractivity contribution in [2.45, 2.75) is 12.5 Å². The van der Waals surface area contributed by atoms with Crippen molar-refractivity contribution < 1.29 is 19.0 Å². The molecule has 1 unspecified atom stereocenters. The molecule has 0 spiro atoms. The van der Waals surface area contributed by atoms with Crippen molar-refractivity contribution in [1.29, 1.82) is 5.26 Å². The molecule has 3 aromatic rings. The van der Waals surface area contributed by atoms with Gasteiger partial charge in [-0.3, -0.25) is 0 Å². The van der Waals surface area contributed by atoms with Crippen LogP contribution in [0.1, 0.15) is 22.6 Å². The highest BCUT2D eigenvalue weighted by atomic mass is 19.1. The number of hydrogen-bond acceptors (Lipinski definition) is 5. The highest BCUT2D eigenvalue weighted by Crippen LogP contribution is 2.45. The molecule has 3 N–H and O–H groups in total. The monoisotopic (exact) mass is 388 g/mol. The molecular weight excluding hydrogens is 371 g/mol. The van der Waals surface area contributed by atoms with E-state index in [1.807, 2.05) is 12.1 Å². The maximum atomic E-state index is 14.0. The number of hydrogen-bond donors (Lipinski definition) is 2. The van der Waals surface area contributed by atoms with Crippen molar-refractivity contribution in [2.75, 3.05) is 0 Å². The molecule has 1 atom stereocenters. The first-order valence-electron chi connectivity index (χ1n) is 8.94. The minimum absolute atomic E-state index is 0.0276. The average molecular weight is 388 g/mol. The fourth-order valence-electron chi connectivity index (χ4n) is 3.39. The second-order valence-electron chi connectivity index (χ2n) is 6.56. The van der Waals surface area contributed by atoms with Crippen LogP contribution >= 0.6 is 0 Å². The summed E-state index contributed by atoms with van der Waals surface area (Å²) >= 11 is 0. The molecule has 1 aliphatic rings. The van der Waals surface area contributed by atoms with E-state index in [2.05, 4.69) is 6.07 Å². The predicted molar refractivity (Wildman–Crippen MR) is 105 cm³/mol. The second kappa shape index (κ2) is 7.56. The summed E-state index contributed by atoms with van der Waals surface area (Å²) in [7, 11) is 0. The molecule has 6 heteroatoms. The number of para-hydroxylation sites is 1. The van der Waals surface area contributed by atoms with E-state index >= 15 is 0 Å². The summed E-state index contributed by atoms with van der Waals surface area (Å²) in [5.74, 6) is -0.0168. The molecule has 1 aliphatic heterocycles. The van der Waals surface area contributed by atoms with E-state index in [1.54, 1.807) is 36.4 Å². The number of nitrogens with zero attached hydrogens (tertiary/aromatic N) is 1. The standard InChI is InChI=1S/C23H17FN2O3/c24-19-7-3-1-5-14(19)13-28-20-8-4-2-6-16(20)22-17-10-9-15(27)11-21(17)29-23(26)18(22)12-25/h1-11,22,27H,13,26H2. The number of aromatic hydroxyl groups is 1. The third-order valence-electron chi connectivity index (χ3n) is 4.77. The highest BCUT2D eigenvalue weighted by molar-refractivity contribution is 5.59. The lowest BCUT2D eigenvalue weighted by molar-refractivity contribution is 0.295. The third kappa shape index (κ3) is 3.46. The maximum absolute atomic E-state index is 14.0. The Bertz CT molecular complexity index is 1150. The molecule has 0 saturated carbocycles. The lowest BCUT2D eigenvalue weighted by Crippen LogP contribution is -2.21. The third-order valence-corrected chi connectivity index (χ3v) is 4.77. The number of rotatable bonds is 4. The molecule has 0 aromatic heterocycles. The van der Waals surface area contributed by atoms with Crippen molar-refractivity contribution >= 4 is 0 Å². The van der Waals surface area contributed by atoms with E-state index in [0.717, 1.165) is 0 Å².